The van der Waals surface area contributed by atoms with Crippen LogP contribution in [-0.2, 0) is 11.8 Å². The first kappa shape index (κ1) is 17.5. The first-order valence-corrected chi connectivity index (χ1v) is 9.47. The summed E-state index contributed by atoms with van der Waals surface area (Å²) in [5.74, 6) is -0.599. The number of nitrogens with one attached hydrogen (secondary N) is 1. The fraction of sp³-hybridized carbons (Fsp3) is 0.227. The largest absolute Gasteiger partial charge is 0.419 e. The lowest BCUT2D eigenvalue weighted by Crippen LogP contribution is -2.23. The van der Waals surface area contributed by atoms with Crippen LogP contribution in [0.5, 0.6) is 0 Å². The van der Waals surface area contributed by atoms with Gasteiger partial charge in [-0.1, -0.05) is 12.1 Å². The number of amides is 1. The highest BCUT2D eigenvalue weighted by Crippen LogP contribution is 2.39. The first-order chi connectivity index (χ1) is 13.9. The van der Waals surface area contributed by atoms with Gasteiger partial charge in [-0.25, -0.2) is 9.48 Å². The Morgan fingerprint density at radius 3 is 2.72 bits per heavy atom. The predicted molar refractivity (Wildman–Crippen MR) is 110 cm³/mol. The van der Waals surface area contributed by atoms with Crippen molar-refractivity contribution in [1.29, 1.82) is 0 Å². The second-order valence-electron chi connectivity index (χ2n) is 7.57. The van der Waals surface area contributed by atoms with E-state index in [0.717, 1.165) is 28.2 Å². The van der Waals surface area contributed by atoms with Gasteiger partial charge in [0.2, 0.25) is 5.91 Å². The first-order valence-electron chi connectivity index (χ1n) is 9.47. The third-order valence-corrected chi connectivity index (χ3v) is 5.53. The highest BCUT2D eigenvalue weighted by Gasteiger charge is 2.28. The molecule has 1 amide bonds. The highest BCUT2D eigenvalue weighted by molar-refractivity contribution is 5.98. The highest BCUT2D eigenvalue weighted by atomic mass is 16.4. The fourth-order valence-electron chi connectivity index (χ4n) is 4.14. The minimum absolute atomic E-state index is 0.0587. The summed E-state index contributed by atoms with van der Waals surface area (Å²) < 4.78 is 8.67. The van der Waals surface area contributed by atoms with Gasteiger partial charge in [0.05, 0.1) is 16.9 Å². The number of benzene rings is 2. The normalized spacial score (nSPS) is 16.1. The van der Waals surface area contributed by atoms with Gasteiger partial charge in [0, 0.05) is 36.8 Å². The Bertz CT molecular complexity index is 1340. The molecule has 4 aromatic rings. The molecule has 0 saturated heterocycles. The summed E-state index contributed by atoms with van der Waals surface area (Å²) in [5, 5.41) is 7.48. The SMILES string of the molecule is Cc1cc(C)n(-c2cccc([C@@H]3CC(=O)Nc4cc5oc(=O)n(C)c5cc43)c2)n1. The number of aromatic nitrogens is 3. The molecular weight excluding hydrogens is 368 g/mol. The Morgan fingerprint density at radius 1 is 1.14 bits per heavy atom. The van der Waals surface area contributed by atoms with Gasteiger partial charge in [-0.15, -0.1) is 0 Å². The van der Waals surface area contributed by atoms with Crippen molar-refractivity contribution in [2.24, 2.45) is 7.05 Å². The van der Waals surface area contributed by atoms with Gasteiger partial charge in [-0.3, -0.25) is 9.36 Å². The summed E-state index contributed by atoms with van der Waals surface area (Å²) in [6, 6.07) is 13.8. The van der Waals surface area contributed by atoms with Crippen LogP contribution in [-0.4, -0.2) is 20.3 Å². The molecule has 0 radical (unpaired) electrons. The van der Waals surface area contributed by atoms with Gasteiger partial charge in [-0.2, -0.15) is 5.10 Å². The summed E-state index contributed by atoms with van der Waals surface area (Å²) in [7, 11) is 1.68. The molecule has 0 unspecified atom stereocenters. The van der Waals surface area contributed by atoms with Gasteiger partial charge in [-0.05, 0) is 49.2 Å². The lowest BCUT2D eigenvalue weighted by Gasteiger charge is -2.26. The molecule has 7 nitrogen and oxygen atoms in total. The number of rotatable bonds is 2. The molecule has 7 heteroatoms. The topological polar surface area (TPSA) is 82.1 Å². The molecular formula is C22H20N4O3. The van der Waals surface area contributed by atoms with Crippen LogP contribution in [0.3, 0.4) is 0 Å². The van der Waals surface area contributed by atoms with Gasteiger partial charge in [0.1, 0.15) is 0 Å². The molecule has 1 N–H and O–H groups in total. The molecule has 0 fully saturated rings. The van der Waals surface area contributed by atoms with Crippen LogP contribution in [0.2, 0.25) is 0 Å². The van der Waals surface area contributed by atoms with E-state index in [1.54, 1.807) is 13.1 Å². The van der Waals surface area contributed by atoms with Crippen molar-refractivity contribution in [3.05, 3.63) is 75.5 Å². The molecule has 0 saturated carbocycles. The number of fused-ring (bicyclic) bond motifs is 2. The molecule has 29 heavy (non-hydrogen) atoms. The van der Waals surface area contributed by atoms with Crippen molar-refractivity contribution < 1.29 is 9.21 Å². The van der Waals surface area contributed by atoms with Crippen LogP contribution in [0.1, 0.15) is 34.9 Å². The lowest BCUT2D eigenvalue weighted by molar-refractivity contribution is -0.116. The third kappa shape index (κ3) is 2.77. The van der Waals surface area contributed by atoms with Crippen LogP contribution >= 0.6 is 0 Å². The summed E-state index contributed by atoms with van der Waals surface area (Å²) >= 11 is 0. The molecule has 3 heterocycles. The second-order valence-corrected chi connectivity index (χ2v) is 7.57. The van der Waals surface area contributed by atoms with E-state index >= 15 is 0 Å². The average Bonchev–Trinajstić information content (AvgIpc) is 3.17. The van der Waals surface area contributed by atoms with Gasteiger partial charge >= 0.3 is 5.76 Å². The summed E-state index contributed by atoms with van der Waals surface area (Å²) in [6.45, 7) is 3.99. The van der Waals surface area contributed by atoms with Gasteiger partial charge < -0.3 is 9.73 Å². The Labute approximate surface area is 166 Å². The standard InChI is InChI=1S/C22H20N4O3/c1-12-7-13(2)26(24-12)15-6-4-5-14(8-15)16-10-21(27)23-18-11-20-19(9-17(16)18)25(3)22(28)29-20/h4-9,11,16H,10H2,1-3H3,(H,23,27)/t16-/m0/s1. The van der Waals surface area contributed by atoms with E-state index in [-0.39, 0.29) is 11.8 Å². The van der Waals surface area contributed by atoms with Crippen molar-refractivity contribution in [1.82, 2.24) is 14.3 Å². The van der Waals surface area contributed by atoms with E-state index in [1.807, 2.05) is 48.9 Å². The minimum atomic E-state index is -0.420. The zero-order valence-corrected chi connectivity index (χ0v) is 16.4. The van der Waals surface area contributed by atoms with Crippen molar-refractivity contribution in [2.45, 2.75) is 26.2 Å². The molecule has 1 atom stereocenters. The Hall–Kier alpha value is -3.61. The van der Waals surface area contributed by atoms with Crippen LogP contribution < -0.4 is 11.1 Å². The van der Waals surface area contributed by atoms with Crippen LogP contribution in [0.4, 0.5) is 5.69 Å². The maximum absolute atomic E-state index is 12.4. The molecule has 5 rings (SSSR count). The zero-order chi connectivity index (χ0) is 20.3. The van der Waals surface area contributed by atoms with Crippen molar-refractivity contribution in [3.8, 4) is 5.69 Å². The number of nitrogens with zero attached hydrogens (tertiary/aromatic N) is 3. The number of oxazole rings is 1. The molecule has 1 aliphatic rings. The third-order valence-electron chi connectivity index (χ3n) is 5.53. The number of carbonyl (C=O) groups excluding carboxylic acids is 1. The Morgan fingerprint density at radius 2 is 1.97 bits per heavy atom. The van der Waals surface area contributed by atoms with Gasteiger partial charge in [0.15, 0.2) is 5.58 Å². The van der Waals surface area contributed by atoms with Crippen LogP contribution in [0.25, 0.3) is 16.8 Å². The fourth-order valence-corrected chi connectivity index (χ4v) is 4.14. The van der Waals surface area contributed by atoms with Crippen molar-refractivity contribution >= 4 is 22.7 Å². The summed E-state index contributed by atoms with van der Waals surface area (Å²) in [5.41, 5.74) is 6.83. The number of hydrogen-bond acceptors (Lipinski definition) is 4. The lowest BCUT2D eigenvalue weighted by atomic mass is 9.84. The molecule has 1 aliphatic heterocycles. The van der Waals surface area contributed by atoms with E-state index in [9.17, 15) is 9.59 Å². The maximum atomic E-state index is 12.4. The molecule has 0 spiro atoms. The number of aryl methyl sites for hydroxylation is 3. The quantitative estimate of drug-likeness (QED) is 0.571. The predicted octanol–water partition coefficient (Wildman–Crippen LogP) is 3.41. The Balaban J connectivity index is 1.67. The van der Waals surface area contributed by atoms with Crippen molar-refractivity contribution in [2.75, 3.05) is 5.32 Å². The molecule has 0 bridgehead atoms. The van der Waals surface area contributed by atoms with E-state index in [4.69, 9.17) is 4.42 Å². The van der Waals surface area contributed by atoms with E-state index in [1.165, 1.54) is 4.57 Å². The Kier molecular flexibility index (Phi) is 3.74. The summed E-state index contributed by atoms with van der Waals surface area (Å²) in [6.07, 6.45) is 0.338. The maximum Gasteiger partial charge on any atom is 0.419 e. The minimum Gasteiger partial charge on any atom is -0.408 e. The van der Waals surface area contributed by atoms with E-state index in [0.29, 0.717) is 23.2 Å². The van der Waals surface area contributed by atoms with Gasteiger partial charge in [0.25, 0.3) is 0 Å². The second kappa shape index (κ2) is 6.20. The summed E-state index contributed by atoms with van der Waals surface area (Å²) in [4.78, 5) is 24.3. The molecule has 2 aromatic carbocycles. The van der Waals surface area contributed by atoms with Crippen LogP contribution in [0.15, 0.2) is 51.7 Å². The van der Waals surface area contributed by atoms with E-state index in [2.05, 4.69) is 16.5 Å². The monoisotopic (exact) mass is 388 g/mol. The zero-order valence-electron chi connectivity index (χ0n) is 16.4. The van der Waals surface area contributed by atoms with Crippen LogP contribution in [0, 0.1) is 13.8 Å². The number of anilines is 1. The number of carbonyl (C=O) groups is 1. The van der Waals surface area contributed by atoms with Crippen molar-refractivity contribution in [3.63, 3.8) is 0 Å². The van der Waals surface area contributed by atoms with E-state index < -0.39 is 5.76 Å². The average molecular weight is 388 g/mol. The molecule has 146 valence electrons. The number of hydrogen-bond donors (Lipinski definition) is 1. The molecule has 2 aromatic heterocycles. The molecule has 0 aliphatic carbocycles. The smallest absolute Gasteiger partial charge is 0.408 e.